The second kappa shape index (κ2) is 5.13. The molecule has 0 unspecified atom stereocenters. The average Bonchev–Trinajstić information content (AvgIpc) is 2.14. The first-order valence-electron chi connectivity index (χ1n) is 3.55. The third-order valence-corrected chi connectivity index (χ3v) is 1.21. The second-order valence-corrected chi connectivity index (χ2v) is 2.10. The Balaban J connectivity index is 2.29. The van der Waals surface area contributed by atoms with E-state index in [4.69, 9.17) is 4.84 Å². The summed E-state index contributed by atoms with van der Waals surface area (Å²) in [6.45, 7) is 0.221. The summed E-state index contributed by atoms with van der Waals surface area (Å²) in [6, 6.07) is 9.42. The fourth-order valence-electron chi connectivity index (χ4n) is 0.707. The van der Waals surface area contributed by atoms with Crippen LogP contribution in [-0.2, 0) is 9.63 Å². The zero-order valence-corrected chi connectivity index (χ0v) is 6.49. The molecule has 3 nitrogen and oxygen atoms in total. The van der Waals surface area contributed by atoms with Crippen LogP contribution in [0.3, 0.4) is 0 Å². The van der Waals surface area contributed by atoms with Gasteiger partial charge in [0.15, 0.2) is 0 Å². The van der Waals surface area contributed by atoms with Crippen LogP contribution in [0.25, 0.3) is 0 Å². The van der Waals surface area contributed by atoms with E-state index in [0.29, 0.717) is 0 Å². The highest BCUT2D eigenvalue weighted by Gasteiger charge is 1.85. The van der Waals surface area contributed by atoms with Crippen LogP contribution in [0.5, 0.6) is 0 Å². The third kappa shape index (κ3) is 3.01. The number of nitrogens with one attached hydrogen (secondary N) is 1. The van der Waals surface area contributed by atoms with E-state index in [2.05, 4.69) is 5.48 Å². The number of hydrogen-bond acceptors (Lipinski definition) is 3. The van der Waals surface area contributed by atoms with Gasteiger partial charge in [-0.1, -0.05) is 18.2 Å². The van der Waals surface area contributed by atoms with Crippen molar-refractivity contribution < 1.29 is 9.63 Å². The highest BCUT2D eigenvalue weighted by molar-refractivity contribution is 5.45. The molecule has 0 heterocycles. The molecule has 0 radical (unpaired) electrons. The molecular weight excluding hydrogens is 154 g/mol. The first-order chi connectivity index (χ1) is 5.93. The number of rotatable bonds is 4. The van der Waals surface area contributed by atoms with Gasteiger partial charge in [-0.15, -0.1) is 0 Å². The Labute approximate surface area is 70.6 Å². The maximum atomic E-state index is 9.73. The maximum Gasteiger partial charge on any atom is 0.122 e. The smallest absolute Gasteiger partial charge is 0.122 e. The Morgan fingerprint density at radius 1 is 1.42 bits per heavy atom. The minimum absolute atomic E-state index is 0.221. The zero-order chi connectivity index (χ0) is 8.65. The van der Waals surface area contributed by atoms with Gasteiger partial charge in [-0.3, -0.25) is 10.3 Å². The Bertz CT molecular complexity index is 265. The monoisotopic (exact) mass is 163 g/mol. The van der Waals surface area contributed by atoms with Crippen LogP contribution in [0.2, 0.25) is 0 Å². The van der Waals surface area contributed by atoms with Crippen molar-refractivity contribution in [1.29, 1.82) is 0 Å². The predicted octanol–water partition coefficient (Wildman–Crippen LogP) is 1.42. The van der Waals surface area contributed by atoms with Gasteiger partial charge in [0.05, 0.1) is 5.69 Å². The van der Waals surface area contributed by atoms with Crippen LogP contribution in [0.15, 0.2) is 36.4 Å². The molecular formula is C9H9NO2. The predicted molar refractivity (Wildman–Crippen MR) is 46.3 cm³/mol. The highest BCUT2D eigenvalue weighted by atomic mass is 16.6. The highest BCUT2D eigenvalue weighted by Crippen LogP contribution is 2.03. The lowest BCUT2D eigenvalue weighted by Gasteiger charge is -2.02. The van der Waals surface area contributed by atoms with E-state index < -0.39 is 0 Å². The van der Waals surface area contributed by atoms with Crippen LogP contribution in [0.4, 0.5) is 5.69 Å². The third-order valence-electron chi connectivity index (χ3n) is 1.21. The Kier molecular flexibility index (Phi) is 3.64. The molecule has 62 valence electrons. The van der Waals surface area contributed by atoms with Gasteiger partial charge in [-0.2, -0.15) is 0 Å². The van der Waals surface area contributed by atoms with E-state index in [1.165, 1.54) is 6.08 Å². The van der Waals surface area contributed by atoms with Gasteiger partial charge >= 0.3 is 0 Å². The molecule has 0 atom stereocenters. The summed E-state index contributed by atoms with van der Waals surface area (Å²) in [5, 5.41) is 0. The maximum absolute atomic E-state index is 9.73. The minimum Gasteiger partial charge on any atom is -0.271 e. The van der Waals surface area contributed by atoms with E-state index in [-0.39, 0.29) is 6.61 Å². The molecule has 12 heavy (non-hydrogen) atoms. The fraction of sp³-hybridized carbons (Fsp3) is 0.111. The number of anilines is 1. The summed E-state index contributed by atoms with van der Waals surface area (Å²) >= 11 is 0. The van der Waals surface area contributed by atoms with Gasteiger partial charge in [-0.25, -0.2) is 4.79 Å². The normalized spacial score (nSPS) is 8.67. The molecule has 0 aromatic heterocycles. The van der Waals surface area contributed by atoms with Gasteiger partial charge in [0.25, 0.3) is 0 Å². The molecule has 0 saturated heterocycles. The molecule has 0 amide bonds. The van der Waals surface area contributed by atoms with E-state index in [0.717, 1.165) is 5.69 Å². The molecule has 0 bridgehead atoms. The topological polar surface area (TPSA) is 38.3 Å². The lowest BCUT2D eigenvalue weighted by Crippen LogP contribution is -2.00. The van der Waals surface area contributed by atoms with Crippen molar-refractivity contribution in [2.75, 3.05) is 12.1 Å². The van der Waals surface area contributed by atoms with Crippen molar-refractivity contribution >= 4 is 11.6 Å². The molecule has 0 aliphatic rings. The molecule has 1 aromatic carbocycles. The Morgan fingerprint density at radius 2 is 2.17 bits per heavy atom. The molecule has 3 heteroatoms. The number of carbonyl (C=O) groups excluding carboxylic acids is 1. The number of benzene rings is 1. The van der Waals surface area contributed by atoms with Gasteiger partial charge in [-0.05, 0) is 12.1 Å². The zero-order valence-electron chi connectivity index (χ0n) is 6.49. The quantitative estimate of drug-likeness (QED) is 0.414. The van der Waals surface area contributed by atoms with Crippen LogP contribution < -0.4 is 5.48 Å². The van der Waals surface area contributed by atoms with Gasteiger partial charge in [0.1, 0.15) is 12.5 Å². The molecule has 0 aliphatic carbocycles. The van der Waals surface area contributed by atoms with Crippen LogP contribution in [0.1, 0.15) is 0 Å². The standard InChI is InChI=1S/C9H9NO2/c11-7-4-8-12-10-9-5-2-1-3-6-9/h1-6,10H,8H2. The summed E-state index contributed by atoms with van der Waals surface area (Å²) in [6.07, 6.45) is 1.26. The number of para-hydroxylation sites is 1. The molecule has 0 spiro atoms. The molecule has 1 rings (SSSR count). The summed E-state index contributed by atoms with van der Waals surface area (Å²) in [4.78, 5) is 14.6. The van der Waals surface area contributed by atoms with E-state index in [1.54, 1.807) is 5.94 Å². The summed E-state index contributed by atoms with van der Waals surface area (Å²) in [7, 11) is 0. The van der Waals surface area contributed by atoms with Crippen molar-refractivity contribution in [3.8, 4) is 0 Å². The van der Waals surface area contributed by atoms with E-state index >= 15 is 0 Å². The molecule has 0 saturated carbocycles. The van der Waals surface area contributed by atoms with Crippen molar-refractivity contribution in [2.45, 2.75) is 0 Å². The lowest BCUT2D eigenvalue weighted by atomic mass is 10.3. The van der Waals surface area contributed by atoms with Gasteiger partial charge in [0, 0.05) is 6.08 Å². The number of hydrogen-bond donors (Lipinski definition) is 1. The van der Waals surface area contributed by atoms with Gasteiger partial charge < -0.3 is 0 Å². The average molecular weight is 163 g/mol. The van der Waals surface area contributed by atoms with E-state index in [1.807, 2.05) is 30.3 Å². The van der Waals surface area contributed by atoms with Crippen LogP contribution >= 0.6 is 0 Å². The largest absolute Gasteiger partial charge is 0.271 e. The Morgan fingerprint density at radius 3 is 2.83 bits per heavy atom. The SMILES string of the molecule is O=C=CCONc1ccccc1. The minimum atomic E-state index is 0.221. The first kappa shape index (κ1) is 8.53. The second-order valence-electron chi connectivity index (χ2n) is 2.10. The van der Waals surface area contributed by atoms with Crippen molar-refractivity contribution in [3.63, 3.8) is 0 Å². The summed E-state index contributed by atoms with van der Waals surface area (Å²) in [5.41, 5.74) is 3.53. The van der Waals surface area contributed by atoms with Crippen LogP contribution in [-0.4, -0.2) is 12.5 Å². The Hall–Kier alpha value is -1.57. The van der Waals surface area contributed by atoms with Gasteiger partial charge in [0.2, 0.25) is 0 Å². The van der Waals surface area contributed by atoms with Crippen molar-refractivity contribution in [2.24, 2.45) is 0 Å². The molecule has 1 aromatic rings. The summed E-state index contributed by atoms with van der Waals surface area (Å²) in [5.74, 6) is 1.61. The van der Waals surface area contributed by atoms with Crippen LogP contribution in [0, 0.1) is 0 Å². The molecule has 1 N–H and O–H groups in total. The summed E-state index contributed by atoms with van der Waals surface area (Å²) < 4.78 is 0. The first-order valence-corrected chi connectivity index (χ1v) is 3.55. The molecule has 0 aliphatic heterocycles. The van der Waals surface area contributed by atoms with Crippen molar-refractivity contribution in [3.05, 3.63) is 36.4 Å². The lowest BCUT2D eigenvalue weighted by molar-refractivity contribution is 0.229. The molecule has 0 fully saturated rings. The van der Waals surface area contributed by atoms with E-state index in [9.17, 15) is 4.79 Å². The fourth-order valence-corrected chi connectivity index (χ4v) is 0.707. The van der Waals surface area contributed by atoms with Crippen molar-refractivity contribution in [1.82, 2.24) is 0 Å².